The molecule has 0 spiro atoms. The second-order valence-electron chi connectivity index (χ2n) is 3.36. The SMILES string of the molecule is CCCN(CCNC)c1cc(=O)[nH]cn1. The van der Waals surface area contributed by atoms with E-state index in [1.165, 1.54) is 12.4 Å². The van der Waals surface area contributed by atoms with Gasteiger partial charge in [0, 0.05) is 25.7 Å². The lowest BCUT2D eigenvalue weighted by Crippen LogP contribution is -2.32. The molecule has 0 bridgehead atoms. The number of nitrogens with zero attached hydrogens (tertiary/aromatic N) is 2. The normalized spacial score (nSPS) is 10.3. The van der Waals surface area contributed by atoms with Gasteiger partial charge in [0.05, 0.1) is 6.33 Å². The van der Waals surface area contributed by atoms with Crippen LogP contribution >= 0.6 is 0 Å². The van der Waals surface area contributed by atoms with Gasteiger partial charge in [-0.2, -0.15) is 0 Å². The van der Waals surface area contributed by atoms with E-state index in [0.717, 1.165) is 31.9 Å². The molecule has 2 N–H and O–H groups in total. The van der Waals surface area contributed by atoms with Gasteiger partial charge in [0.25, 0.3) is 5.56 Å². The van der Waals surface area contributed by atoms with Gasteiger partial charge in [0.1, 0.15) is 5.82 Å². The maximum Gasteiger partial charge on any atom is 0.252 e. The number of aromatic nitrogens is 2. The van der Waals surface area contributed by atoms with Crippen LogP contribution in [0.2, 0.25) is 0 Å². The van der Waals surface area contributed by atoms with Crippen LogP contribution in [0, 0.1) is 0 Å². The number of hydrogen-bond acceptors (Lipinski definition) is 4. The number of H-pyrrole nitrogens is 1. The molecule has 0 fully saturated rings. The fraction of sp³-hybridized carbons (Fsp3) is 0.600. The average Bonchev–Trinajstić information content (AvgIpc) is 2.24. The average molecular weight is 210 g/mol. The third-order valence-electron chi connectivity index (χ3n) is 2.11. The molecule has 0 unspecified atom stereocenters. The van der Waals surface area contributed by atoms with Gasteiger partial charge in [-0.1, -0.05) is 6.92 Å². The predicted octanol–water partition coefficient (Wildman–Crippen LogP) is 0.206. The van der Waals surface area contributed by atoms with E-state index in [1.54, 1.807) is 0 Å². The summed E-state index contributed by atoms with van der Waals surface area (Å²) in [7, 11) is 1.91. The molecule has 0 amide bonds. The van der Waals surface area contributed by atoms with Crippen LogP contribution in [-0.4, -0.2) is 36.6 Å². The molecule has 1 aromatic heterocycles. The highest BCUT2D eigenvalue weighted by atomic mass is 16.1. The summed E-state index contributed by atoms with van der Waals surface area (Å²) in [6.45, 7) is 4.77. The molecule has 0 aliphatic rings. The predicted molar refractivity (Wildman–Crippen MR) is 61.3 cm³/mol. The number of likely N-dealkylation sites (N-methyl/N-ethyl adjacent to an activating group) is 1. The van der Waals surface area contributed by atoms with Crippen molar-refractivity contribution >= 4 is 5.82 Å². The zero-order valence-electron chi connectivity index (χ0n) is 9.29. The fourth-order valence-corrected chi connectivity index (χ4v) is 1.39. The Hall–Kier alpha value is -1.36. The lowest BCUT2D eigenvalue weighted by Gasteiger charge is -2.22. The molecule has 1 heterocycles. The van der Waals surface area contributed by atoms with Gasteiger partial charge in [-0.05, 0) is 13.5 Å². The van der Waals surface area contributed by atoms with Crippen LogP contribution in [0.4, 0.5) is 5.82 Å². The van der Waals surface area contributed by atoms with E-state index >= 15 is 0 Å². The van der Waals surface area contributed by atoms with Crippen molar-refractivity contribution in [3.05, 3.63) is 22.7 Å². The summed E-state index contributed by atoms with van der Waals surface area (Å²) in [5.74, 6) is 0.746. The molecule has 0 aliphatic heterocycles. The molecule has 0 atom stereocenters. The smallest absolute Gasteiger partial charge is 0.252 e. The standard InChI is InChI=1S/C10H18N4O/c1-3-5-14(6-4-11-2)9-7-10(15)13-8-12-9/h7-8,11H,3-6H2,1-2H3,(H,12,13,15). The van der Waals surface area contributed by atoms with Crippen molar-refractivity contribution in [1.82, 2.24) is 15.3 Å². The molecule has 15 heavy (non-hydrogen) atoms. The van der Waals surface area contributed by atoms with Crippen LogP contribution in [0.5, 0.6) is 0 Å². The maximum absolute atomic E-state index is 11.1. The summed E-state index contributed by atoms with van der Waals surface area (Å²) in [5.41, 5.74) is -0.106. The zero-order valence-corrected chi connectivity index (χ0v) is 9.29. The first-order valence-corrected chi connectivity index (χ1v) is 5.22. The van der Waals surface area contributed by atoms with E-state index < -0.39 is 0 Å². The van der Waals surface area contributed by atoms with Crippen LogP contribution in [0.3, 0.4) is 0 Å². The second kappa shape index (κ2) is 6.19. The Balaban J connectivity index is 2.73. The third kappa shape index (κ3) is 3.71. The molecule has 0 aromatic carbocycles. The van der Waals surface area contributed by atoms with E-state index in [-0.39, 0.29) is 5.56 Å². The first-order chi connectivity index (χ1) is 7.27. The van der Waals surface area contributed by atoms with Gasteiger partial charge in [0.2, 0.25) is 0 Å². The largest absolute Gasteiger partial charge is 0.355 e. The Morgan fingerprint density at radius 1 is 1.53 bits per heavy atom. The quantitative estimate of drug-likeness (QED) is 0.704. The summed E-state index contributed by atoms with van der Waals surface area (Å²) in [6.07, 6.45) is 2.48. The molecule has 1 aromatic rings. The molecule has 0 saturated carbocycles. The molecule has 84 valence electrons. The first kappa shape index (κ1) is 11.7. The first-order valence-electron chi connectivity index (χ1n) is 5.22. The number of rotatable bonds is 6. The minimum absolute atomic E-state index is 0.106. The summed E-state index contributed by atoms with van der Waals surface area (Å²) < 4.78 is 0. The molecular formula is C10H18N4O. The Kier molecular flexibility index (Phi) is 4.83. The highest BCUT2D eigenvalue weighted by Gasteiger charge is 2.06. The van der Waals surface area contributed by atoms with Gasteiger partial charge in [0.15, 0.2) is 0 Å². The second-order valence-corrected chi connectivity index (χ2v) is 3.36. The Labute approximate surface area is 89.5 Å². The molecule has 0 saturated heterocycles. The monoisotopic (exact) mass is 210 g/mol. The molecule has 5 heteroatoms. The van der Waals surface area contributed by atoms with Crippen molar-refractivity contribution in [3.8, 4) is 0 Å². The molecule has 0 aliphatic carbocycles. The fourth-order valence-electron chi connectivity index (χ4n) is 1.39. The molecule has 1 rings (SSSR count). The highest BCUT2D eigenvalue weighted by Crippen LogP contribution is 2.05. The van der Waals surface area contributed by atoms with E-state index in [1.807, 2.05) is 7.05 Å². The van der Waals surface area contributed by atoms with Crippen molar-refractivity contribution < 1.29 is 0 Å². The van der Waals surface area contributed by atoms with Crippen LogP contribution in [0.25, 0.3) is 0 Å². The van der Waals surface area contributed by atoms with Crippen LogP contribution in [0.1, 0.15) is 13.3 Å². The highest BCUT2D eigenvalue weighted by molar-refractivity contribution is 5.36. The summed E-state index contributed by atoms with van der Waals surface area (Å²) in [5, 5.41) is 3.09. The van der Waals surface area contributed by atoms with E-state index in [9.17, 15) is 4.79 Å². The molecule has 5 nitrogen and oxygen atoms in total. The number of hydrogen-bond donors (Lipinski definition) is 2. The van der Waals surface area contributed by atoms with Crippen molar-refractivity contribution in [3.63, 3.8) is 0 Å². The van der Waals surface area contributed by atoms with E-state index in [4.69, 9.17) is 0 Å². The number of nitrogens with one attached hydrogen (secondary N) is 2. The Morgan fingerprint density at radius 3 is 2.93 bits per heavy atom. The van der Waals surface area contributed by atoms with Crippen molar-refractivity contribution in [2.24, 2.45) is 0 Å². The van der Waals surface area contributed by atoms with E-state index in [0.29, 0.717) is 0 Å². The Bertz CT molecular complexity index is 336. The lowest BCUT2D eigenvalue weighted by molar-refractivity contribution is 0.701. The zero-order chi connectivity index (χ0) is 11.1. The number of anilines is 1. The molecular weight excluding hydrogens is 192 g/mol. The van der Waals surface area contributed by atoms with Crippen LogP contribution < -0.4 is 15.8 Å². The van der Waals surface area contributed by atoms with Crippen LogP contribution in [-0.2, 0) is 0 Å². The minimum Gasteiger partial charge on any atom is -0.355 e. The third-order valence-corrected chi connectivity index (χ3v) is 2.11. The van der Waals surface area contributed by atoms with Gasteiger partial charge in [-0.3, -0.25) is 4.79 Å². The summed E-state index contributed by atoms with van der Waals surface area (Å²) in [6, 6.07) is 1.53. The van der Waals surface area contributed by atoms with Gasteiger partial charge >= 0.3 is 0 Å². The lowest BCUT2D eigenvalue weighted by atomic mass is 10.4. The van der Waals surface area contributed by atoms with Crippen molar-refractivity contribution in [1.29, 1.82) is 0 Å². The molecule has 0 radical (unpaired) electrons. The van der Waals surface area contributed by atoms with Crippen molar-refractivity contribution in [2.75, 3.05) is 31.6 Å². The minimum atomic E-state index is -0.106. The van der Waals surface area contributed by atoms with Gasteiger partial charge < -0.3 is 15.2 Å². The van der Waals surface area contributed by atoms with Gasteiger partial charge in [-0.25, -0.2) is 4.98 Å². The van der Waals surface area contributed by atoms with Crippen LogP contribution in [0.15, 0.2) is 17.2 Å². The Morgan fingerprint density at radius 2 is 2.33 bits per heavy atom. The summed E-state index contributed by atoms with van der Waals surface area (Å²) in [4.78, 5) is 19.9. The number of aromatic amines is 1. The van der Waals surface area contributed by atoms with Crippen molar-refractivity contribution in [2.45, 2.75) is 13.3 Å². The summed E-state index contributed by atoms with van der Waals surface area (Å²) >= 11 is 0. The maximum atomic E-state index is 11.1. The van der Waals surface area contributed by atoms with Gasteiger partial charge in [-0.15, -0.1) is 0 Å². The van der Waals surface area contributed by atoms with E-state index in [2.05, 4.69) is 27.1 Å². The topological polar surface area (TPSA) is 61.0 Å².